The van der Waals surface area contributed by atoms with Crippen LogP contribution in [0.1, 0.15) is 47.8 Å². The third-order valence-corrected chi connectivity index (χ3v) is 6.27. The average molecular weight is 417 g/mol. The Morgan fingerprint density at radius 2 is 1.87 bits per heavy atom. The van der Waals surface area contributed by atoms with Gasteiger partial charge in [0.25, 0.3) is 5.91 Å². The lowest BCUT2D eigenvalue weighted by molar-refractivity contribution is -0.131. The molecule has 1 aliphatic heterocycles. The van der Waals surface area contributed by atoms with Crippen LogP contribution in [0.15, 0.2) is 70.3 Å². The van der Waals surface area contributed by atoms with Crippen molar-refractivity contribution in [1.82, 2.24) is 4.90 Å². The summed E-state index contributed by atoms with van der Waals surface area (Å²) in [6.07, 6.45) is 3.75. The molecule has 2 aromatic carbocycles. The number of benzene rings is 2. The van der Waals surface area contributed by atoms with Crippen LogP contribution in [0.2, 0.25) is 0 Å². The van der Waals surface area contributed by atoms with Gasteiger partial charge in [0.05, 0.1) is 18.7 Å². The number of Topliss-reactive ketones (excluding diaryl/α,β-unsaturated/α-hetero) is 1. The molecule has 158 valence electrons. The first-order chi connectivity index (χ1) is 15.1. The first-order valence-electron chi connectivity index (χ1n) is 10.5. The van der Waals surface area contributed by atoms with Crippen molar-refractivity contribution in [3.8, 4) is 5.75 Å². The summed E-state index contributed by atoms with van der Waals surface area (Å²) >= 11 is 0. The van der Waals surface area contributed by atoms with Gasteiger partial charge in [-0.3, -0.25) is 9.59 Å². The van der Waals surface area contributed by atoms with Gasteiger partial charge in [-0.1, -0.05) is 43.2 Å². The Kier molecular flexibility index (Phi) is 4.77. The van der Waals surface area contributed by atoms with Gasteiger partial charge in [-0.25, -0.2) is 0 Å². The first-order valence-corrected chi connectivity index (χ1v) is 10.5. The van der Waals surface area contributed by atoms with Crippen LogP contribution in [0.5, 0.6) is 5.75 Å². The summed E-state index contributed by atoms with van der Waals surface area (Å²) in [6.45, 7) is 0. The number of nitrogens with zero attached hydrogens (tertiary/aromatic N) is 1. The van der Waals surface area contributed by atoms with Crippen LogP contribution < -0.4 is 4.74 Å². The van der Waals surface area contributed by atoms with E-state index in [0.717, 1.165) is 36.6 Å². The number of methoxy groups -OCH3 is 1. The Bertz CT molecular complexity index is 1170. The highest BCUT2D eigenvalue weighted by Crippen LogP contribution is 2.44. The number of fused-ring (bicyclic) bond motifs is 1. The van der Waals surface area contributed by atoms with E-state index in [0.29, 0.717) is 11.3 Å². The molecule has 3 aromatic rings. The third-order valence-electron chi connectivity index (χ3n) is 6.27. The monoisotopic (exact) mass is 417 g/mol. The fourth-order valence-electron chi connectivity index (χ4n) is 4.78. The number of amides is 1. The normalized spacial score (nSPS) is 19.6. The zero-order valence-corrected chi connectivity index (χ0v) is 17.2. The minimum absolute atomic E-state index is 0.0215. The predicted molar refractivity (Wildman–Crippen MR) is 115 cm³/mol. The predicted octanol–water partition coefficient (Wildman–Crippen LogP) is 4.96. The Morgan fingerprint density at radius 3 is 2.61 bits per heavy atom. The molecule has 1 amide bonds. The molecule has 2 heterocycles. The maximum Gasteiger partial charge on any atom is 0.290 e. The van der Waals surface area contributed by atoms with Gasteiger partial charge in [0.1, 0.15) is 11.3 Å². The molecule has 1 atom stereocenters. The van der Waals surface area contributed by atoms with Gasteiger partial charge < -0.3 is 19.2 Å². The molecule has 0 saturated heterocycles. The molecule has 2 aliphatic rings. The number of hydrogen-bond acceptors (Lipinski definition) is 5. The second-order valence-electron chi connectivity index (χ2n) is 8.07. The van der Waals surface area contributed by atoms with Crippen molar-refractivity contribution < 1.29 is 23.8 Å². The topological polar surface area (TPSA) is 80.0 Å². The molecule has 0 spiro atoms. The minimum Gasteiger partial charge on any atom is -0.503 e. The summed E-state index contributed by atoms with van der Waals surface area (Å²) in [7, 11) is 1.57. The fraction of sp³-hybridized carbons (Fsp3) is 0.280. The number of rotatable bonds is 5. The van der Waals surface area contributed by atoms with Gasteiger partial charge >= 0.3 is 0 Å². The average Bonchev–Trinajstić information content (AvgIpc) is 3.52. The summed E-state index contributed by atoms with van der Waals surface area (Å²) < 4.78 is 11.1. The Hall–Kier alpha value is -3.54. The first kappa shape index (κ1) is 19.4. The van der Waals surface area contributed by atoms with Gasteiger partial charge in [0.15, 0.2) is 11.5 Å². The van der Waals surface area contributed by atoms with Crippen molar-refractivity contribution in [3.63, 3.8) is 0 Å². The van der Waals surface area contributed by atoms with Crippen LogP contribution in [-0.4, -0.2) is 34.8 Å². The van der Waals surface area contributed by atoms with E-state index in [4.69, 9.17) is 9.15 Å². The molecule has 6 heteroatoms. The summed E-state index contributed by atoms with van der Waals surface area (Å²) in [6, 6.07) is 15.6. The van der Waals surface area contributed by atoms with Crippen LogP contribution >= 0.6 is 0 Å². The standard InChI is InChI=1S/C25H23NO5/c1-30-18-11-6-8-16(13-18)22-21(24(28)25(29)26(22)17-9-3-4-10-17)23(27)20-14-15-7-2-5-12-19(15)31-20/h2,5-8,11-14,17,22,28H,3-4,9-10H2,1H3. The number of carbonyl (C=O) groups is 2. The maximum absolute atomic E-state index is 13.5. The van der Waals surface area contributed by atoms with E-state index in [2.05, 4.69) is 0 Å². The lowest BCUT2D eigenvalue weighted by Gasteiger charge is -2.32. The molecule has 1 aromatic heterocycles. The van der Waals surface area contributed by atoms with E-state index in [1.807, 2.05) is 42.5 Å². The summed E-state index contributed by atoms with van der Waals surface area (Å²) in [5.41, 5.74) is 1.37. The quantitative estimate of drug-likeness (QED) is 0.594. The summed E-state index contributed by atoms with van der Waals surface area (Å²) in [5.74, 6) is -0.741. The number of para-hydroxylation sites is 1. The van der Waals surface area contributed by atoms with E-state index in [9.17, 15) is 14.7 Å². The van der Waals surface area contributed by atoms with E-state index < -0.39 is 23.5 Å². The molecule has 5 rings (SSSR count). The fourth-order valence-corrected chi connectivity index (χ4v) is 4.78. The molecule has 1 fully saturated rings. The van der Waals surface area contributed by atoms with E-state index in [1.165, 1.54) is 0 Å². The van der Waals surface area contributed by atoms with Crippen LogP contribution in [-0.2, 0) is 4.79 Å². The van der Waals surface area contributed by atoms with Gasteiger partial charge in [0, 0.05) is 11.4 Å². The van der Waals surface area contributed by atoms with Crippen molar-refractivity contribution in [2.75, 3.05) is 7.11 Å². The second kappa shape index (κ2) is 7.61. The van der Waals surface area contributed by atoms with E-state index >= 15 is 0 Å². The lowest BCUT2D eigenvalue weighted by atomic mass is 9.94. The van der Waals surface area contributed by atoms with Crippen LogP contribution in [0.25, 0.3) is 11.0 Å². The largest absolute Gasteiger partial charge is 0.503 e. The van der Waals surface area contributed by atoms with Gasteiger partial charge in [0.2, 0.25) is 5.78 Å². The molecular weight excluding hydrogens is 394 g/mol. The highest BCUT2D eigenvalue weighted by Gasteiger charge is 2.47. The molecule has 6 nitrogen and oxygen atoms in total. The molecule has 1 N–H and O–H groups in total. The zero-order valence-electron chi connectivity index (χ0n) is 17.2. The zero-order chi connectivity index (χ0) is 21.5. The SMILES string of the molecule is COc1cccc(C2C(C(=O)c3cc4ccccc4o3)=C(O)C(=O)N2C2CCCC2)c1. The second-order valence-corrected chi connectivity index (χ2v) is 8.07. The van der Waals surface area contributed by atoms with Gasteiger partial charge in [-0.2, -0.15) is 0 Å². The molecule has 1 aliphatic carbocycles. The number of aliphatic hydroxyl groups excluding tert-OH is 1. The number of furan rings is 1. The molecular formula is C25H23NO5. The van der Waals surface area contributed by atoms with Crippen molar-refractivity contribution in [3.05, 3.63) is 77.3 Å². The number of carbonyl (C=O) groups excluding carboxylic acids is 2. The van der Waals surface area contributed by atoms with Crippen LogP contribution in [0, 0.1) is 0 Å². The smallest absolute Gasteiger partial charge is 0.290 e. The number of ketones is 1. The maximum atomic E-state index is 13.5. The Labute approximate surface area is 179 Å². The highest BCUT2D eigenvalue weighted by atomic mass is 16.5. The summed E-state index contributed by atoms with van der Waals surface area (Å²) in [5, 5.41) is 11.6. The van der Waals surface area contributed by atoms with Crippen LogP contribution in [0.4, 0.5) is 0 Å². The molecule has 0 radical (unpaired) electrons. The number of hydrogen-bond donors (Lipinski definition) is 1. The number of aliphatic hydroxyl groups is 1. The summed E-state index contributed by atoms with van der Waals surface area (Å²) in [4.78, 5) is 28.4. The number of ether oxygens (including phenoxy) is 1. The van der Waals surface area contributed by atoms with Crippen molar-refractivity contribution in [1.29, 1.82) is 0 Å². The van der Waals surface area contributed by atoms with Crippen molar-refractivity contribution >= 4 is 22.7 Å². The minimum atomic E-state index is -0.689. The third kappa shape index (κ3) is 3.19. The van der Waals surface area contributed by atoms with Gasteiger partial charge in [-0.15, -0.1) is 0 Å². The molecule has 31 heavy (non-hydrogen) atoms. The lowest BCUT2D eigenvalue weighted by Crippen LogP contribution is -2.38. The molecule has 0 bridgehead atoms. The molecule has 1 unspecified atom stereocenters. The van der Waals surface area contributed by atoms with Crippen molar-refractivity contribution in [2.24, 2.45) is 0 Å². The Morgan fingerprint density at radius 1 is 1.10 bits per heavy atom. The van der Waals surface area contributed by atoms with Crippen molar-refractivity contribution in [2.45, 2.75) is 37.8 Å². The highest BCUT2D eigenvalue weighted by molar-refractivity contribution is 6.16. The molecule has 1 saturated carbocycles. The van der Waals surface area contributed by atoms with Gasteiger partial charge in [-0.05, 0) is 42.7 Å². The van der Waals surface area contributed by atoms with E-state index in [1.54, 1.807) is 24.1 Å². The Balaban J connectivity index is 1.63. The van der Waals surface area contributed by atoms with E-state index in [-0.39, 0.29) is 17.4 Å². The van der Waals surface area contributed by atoms with Crippen LogP contribution in [0.3, 0.4) is 0 Å².